The molecule has 1 N–H and O–H groups in total. The number of rotatable bonds is 6. The Hall–Kier alpha value is -1.87. The van der Waals surface area contributed by atoms with Crippen molar-refractivity contribution in [2.75, 3.05) is 11.5 Å². The van der Waals surface area contributed by atoms with Gasteiger partial charge in [0, 0.05) is 12.8 Å². The molecule has 2 rings (SSSR count). The molecule has 9 heteroatoms. The number of carboxylic acid groups (broad SMARTS) is 1. The van der Waals surface area contributed by atoms with E-state index in [1.807, 2.05) is 0 Å². The van der Waals surface area contributed by atoms with Gasteiger partial charge in [-0.3, -0.25) is 0 Å². The molecule has 0 aliphatic rings. The molecule has 0 saturated carbocycles. The van der Waals surface area contributed by atoms with Crippen molar-refractivity contribution in [2.24, 2.45) is 7.05 Å². The average molecular weight is 327 g/mol. The Morgan fingerprint density at radius 2 is 2.19 bits per heavy atom. The highest BCUT2D eigenvalue weighted by molar-refractivity contribution is 8.00. The number of aryl methyl sites for hydroxylation is 1. The first kappa shape index (κ1) is 15.5. The second-order valence-electron chi connectivity index (χ2n) is 4.17. The van der Waals surface area contributed by atoms with Crippen LogP contribution in [0.15, 0.2) is 40.6 Å². The summed E-state index contributed by atoms with van der Waals surface area (Å²) in [7, 11) is -1.80. The Morgan fingerprint density at radius 3 is 2.81 bits per heavy atom. The predicted octanol–water partition coefficient (Wildman–Crippen LogP) is 1.08. The lowest BCUT2D eigenvalue weighted by molar-refractivity contribution is 0.0696. The Bertz CT molecular complexity index is 755. The third-order valence-electron chi connectivity index (χ3n) is 2.69. The summed E-state index contributed by atoms with van der Waals surface area (Å²) < 4.78 is 25.9. The highest BCUT2D eigenvalue weighted by Crippen LogP contribution is 2.18. The summed E-state index contributed by atoms with van der Waals surface area (Å²) in [4.78, 5) is 14.9. The number of carboxylic acids is 1. The molecule has 0 atom stereocenters. The van der Waals surface area contributed by atoms with E-state index in [0.717, 1.165) is 0 Å². The fourth-order valence-corrected chi connectivity index (χ4v) is 4.18. The second-order valence-corrected chi connectivity index (χ2v) is 7.34. The normalized spacial score (nSPS) is 11.5. The Labute approximate surface area is 125 Å². The van der Waals surface area contributed by atoms with E-state index in [0.29, 0.717) is 10.9 Å². The SMILES string of the molecule is Cn1ncnc1SCCS(=O)(=O)c1cccc(C(=O)O)c1. The summed E-state index contributed by atoms with van der Waals surface area (Å²) in [5.74, 6) is -0.944. The highest BCUT2D eigenvalue weighted by Gasteiger charge is 2.16. The molecule has 1 aromatic carbocycles. The Kier molecular flexibility index (Phi) is 4.63. The monoisotopic (exact) mass is 327 g/mol. The quantitative estimate of drug-likeness (QED) is 0.792. The molecular weight excluding hydrogens is 314 g/mol. The first-order valence-electron chi connectivity index (χ1n) is 5.93. The van der Waals surface area contributed by atoms with Gasteiger partial charge in [0.05, 0.1) is 16.2 Å². The van der Waals surface area contributed by atoms with Gasteiger partial charge in [-0.25, -0.2) is 22.9 Å². The predicted molar refractivity (Wildman–Crippen MR) is 77.2 cm³/mol. The van der Waals surface area contributed by atoms with Crippen LogP contribution in [0.4, 0.5) is 0 Å². The van der Waals surface area contributed by atoms with Crippen LogP contribution in [-0.4, -0.2) is 45.8 Å². The van der Waals surface area contributed by atoms with Crippen molar-refractivity contribution in [1.82, 2.24) is 14.8 Å². The molecule has 0 aliphatic heterocycles. The molecule has 0 spiro atoms. The van der Waals surface area contributed by atoms with Crippen molar-refractivity contribution in [2.45, 2.75) is 10.1 Å². The van der Waals surface area contributed by atoms with Crippen LogP contribution in [0.25, 0.3) is 0 Å². The second kappa shape index (κ2) is 6.27. The van der Waals surface area contributed by atoms with Crippen molar-refractivity contribution in [3.63, 3.8) is 0 Å². The molecule has 112 valence electrons. The number of hydrogen-bond donors (Lipinski definition) is 1. The number of aromatic carboxylic acids is 1. The van der Waals surface area contributed by atoms with Crippen LogP contribution in [0.2, 0.25) is 0 Å². The number of nitrogens with zero attached hydrogens (tertiary/aromatic N) is 3. The van der Waals surface area contributed by atoms with Crippen LogP contribution in [0, 0.1) is 0 Å². The summed E-state index contributed by atoms with van der Waals surface area (Å²) in [6, 6.07) is 5.35. The highest BCUT2D eigenvalue weighted by atomic mass is 32.2. The molecule has 0 unspecified atom stereocenters. The molecule has 21 heavy (non-hydrogen) atoms. The summed E-state index contributed by atoms with van der Waals surface area (Å²) in [5.41, 5.74) is -0.0444. The number of sulfone groups is 1. The lowest BCUT2D eigenvalue weighted by atomic mass is 10.2. The maximum Gasteiger partial charge on any atom is 0.335 e. The van der Waals surface area contributed by atoms with Gasteiger partial charge in [0.2, 0.25) is 0 Å². The van der Waals surface area contributed by atoms with Gasteiger partial charge in [-0.05, 0) is 18.2 Å². The third-order valence-corrected chi connectivity index (χ3v) is 5.70. The van der Waals surface area contributed by atoms with E-state index in [1.165, 1.54) is 42.4 Å². The molecule has 0 bridgehead atoms. The first-order valence-corrected chi connectivity index (χ1v) is 8.57. The average Bonchev–Trinajstić information content (AvgIpc) is 2.84. The summed E-state index contributed by atoms with van der Waals surface area (Å²) >= 11 is 1.28. The van der Waals surface area contributed by atoms with Crippen LogP contribution in [0.3, 0.4) is 0 Å². The van der Waals surface area contributed by atoms with Crippen LogP contribution in [0.5, 0.6) is 0 Å². The molecule has 0 saturated heterocycles. The van der Waals surface area contributed by atoms with Crippen molar-refractivity contribution in [1.29, 1.82) is 0 Å². The molecular formula is C12H13N3O4S2. The van der Waals surface area contributed by atoms with Crippen molar-refractivity contribution in [3.8, 4) is 0 Å². The van der Waals surface area contributed by atoms with Crippen LogP contribution in [0.1, 0.15) is 10.4 Å². The fourth-order valence-electron chi connectivity index (χ4n) is 1.60. The summed E-state index contributed by atoms with van der Waals surface area (Å²) in [6.07, 6.45) is 1.40. The molecule has 0 aliphatic carbocycles. The maximum absolute atomic E-state index is 12.2. The van der Waals surface area contributed by atoms with E-state index in [9.17, 15) is 13.2 Å². The van der Waals surface area contributed by atoms with Gasteiger partial charge in [-0.2, -0.15) is 5.10 Å². The molecule has 1 aromatic heterocycles. The van der Waals surface area contributed by atoms with E-state index in [4.69, 9.17) is 5.11 Å². The molecule has 0 fully saturated rings. The maximum atomic E-state index is 12.2. The van der Waals surface area contributed by atoms with Crippen molar-refractivity contribution in [3.05, 3.63) is 36.2 Å². The van der Waals surface area contributed by atoms with E-state index in [1.54, 1.807) is 11.7 Å². The lowest BCUT2D eigenvalue weighted by Gasteiger charge is -2.05. The largest absolute Gasteiger partial charge is 0.478 e. The minimum absolute atomic E-state index is 0.0148. The molecule has 0 radical (unpaired) electrons. The number of benzene rings is 1. The zero-order chi connectivity index (χ0) is 15.5. The van der Waals surface area contributed by atoms with Crippen molar-refractivity contribution < 1.29 is 18.3 Å². The number of hydrogen-bond acceptors (Lipinski definition) is 6. The Morgan fingerprint density at radius 1 is 1.43 bits per heavy atom. The van der Waals surface area contributed by atoms with E-state index in [2.05, 4.69) is 10.1 Å². The first-order chi connectivity index (χ1) is 9.90. The number of carbonyl (C=O) groups is 1. The number of aromatic nitrogens is 3. The fraction of sp³-hybridized carbons (Fsp3) is 0.250. The Balaban J connectivity index is 2.06. The van der Waals surface area contributed by atoms with Crippen molar-refractivity contribution >= 4 is 27.6 Å². The zero-order valence-corrected chi connectivity index (χ0v) is 12.8. The topological polar surface area (TPSA) is 102 Å². The molecule has 7 nitrogen and oxygen atoms in total. The molecule has 2 aromatic rings. The lowest BCUT2D eigenvalue weighted by Crippen LogP contribution is -2.10. The van der Waals surface area contributed by atoms with Crippen LogP contribution >= 0.6 is 11.8 Å². The van der Waals surface area contributed by atoms with E-state index < -0.39 is 15.8 Å². The molecule has 1 heterocycles. The zero-order valence-electron chi connectivity index (χ0n) is 11.1. The smallest absolute Gasteiger partial charge is 0.335 e. The van der Waals surface area contributed by atoms with Gasteiger partial charge in [0.25, 0.3) is 0 Å². The van der Waals surface area contributed by atoms with E-state index >= 15 is 0 Å². The third kappa shape index (κ3) is 3.82. The van der Waals surface area contributed by atoms with Crippen LogP contribution in [-0.2, 0) is 16.9 Å². The summed E-state index contributed by atoms with van der Waals surface area (Å²) in [6.45, 7) is 0. The van der Waals surface area contributed by atoms with Gasteiger partial charge < -0.3 is 5.11 Å². The summed E-state index contributed by atoms with van der Waals surface area (Å²) in [5, 5.41) is 13.4. The van der Waals surface area contributed by atoms with Gasteiger partial charge >= 0.3 is 5.97 Å². The molecule has 0 amide bonds. The standard InChI is InChI=1S/C12H13N3O4S2/c1-15-12(13-8-14-15)20-5-6-21(18,19)10-4-2-3-9(7-10)11(16)17/h2-4,7-8H,5-6H2,1H3,(H,16,17). The van der Waals surface area contributed by atoms with Gasteiger partial charge in [0.15, 0.2) is 15.0 Å². The van der Waals surface area contributed by atoms with Gasteiger partial charge in [0.1, 0.15) is 6.33 Å². The number of thioether (sulfide) groups is 1. The van der Waals surface area contributed by atoms with Crippen LogP contribution < -0.4 is 0 Å². The van der Waals surface area contributed by atoms with Gasteiger partial charge in [-0.15, -0.1) is 0 Å². The van der Waals surface area contributed by atoms with Gasteiger partial charge in [-0.1, -0.05) is 17.8 Å². The minimum Gasteiger partial charge on any atom is -0.478 e. The van der Waals surface area contributed by atoms with E-state index in [-0.39, 0.29) is 16.2 Å². The minimum atomic E-state index is -3.52.